The van der Waals surface area contributed by atoms with Crippen LogP contribution in [0.4, 0.5) is 5.69 Å². The van der Waals surface area contributed by atoms with Crippen LogP contribution in [0.2, 0.25) is 0 Å². The van der Waals surface area contributed by atoms with Gasteiger partial charge in [0.15, 0.2) is 0 Å². The monoisotopic (exact) mass is 354 g/mol. The number of rotatable bonds is 6. The molecule has 5 heteroatoms. The Hall–Kier alpha value is -2.53. The Bertz CT molecular complexity index is 725. The number of anilines is 1. The molecular weight excluding hydrogens is 328 g/mol. The molecule has 1 aliphatic heterocycles. The van der Waals surface area contributed by atoms with E-state index in [1.165, 1.54) is 5.69 Å². The lowest BCUT2D eigenvalue weighted by atomic mass is 10.1. The average molecular weight is 354 g/mol. The molecule has 3 rings (SSSR count). The van der Waals surface area contributed by atoms with Gasteiger partial charge < -0.3 is 19.3 Å². The van der Waals surface area contributed by atoms with Crippen molar-refractivity contribution in [2.24, 2.45) is 0 Å². The molecule has 5 nitrogen and oxygen atoms in total. The van der Waals surface area contributed by atoms with Crippen molar-refractivity contribution in [2.45, 2.75) is 13.5 Å². The summed E-state index contributed by atoms with van der Waals surface area (Å²) in [6, 6.07) is 15.9. The highest BCUT2D eigenvalue weighted by atomic mass is 16.5. The Morgan fingerprint density at radius 1 is 1.04 bits per heavy atom. The molecule has 2 aromatic carbocycles. The van der Waals surface area contributed by atoms with Crippen LogP contribution in [-0.2, 0) is 11.3 Å². The highest BCUT2D eigenvalue weighted by Gasteiger charge is 2.23. The maximum absolute atomic E-state index is 12.9. The molecular formula is C21H26N2O3. The largest absolute Gasteiger partial charge is 0.496 e. The second-order valence-electron chi connectivity index (χ2n) is 6.28. The van der Waals surface area contributed by atoms with Gasteiger partial charge in [0.2, 0.25) is 0 Å². The standard InChI is InChI=1S/C21H26N2O3/c1-3-26-16-18-15-17(9-10-20(18)25-2)21(24)23-13-11-22(12-14-23)19-7-5-4-6-8-19/h4-10,15H,3,11-14,16H2,1-2H3. The molecule has 138 valence electrons. The van der Waals surface area contributed by atoms with Crippen LogP contribution in [-0.4, -0.2) is 50.7 Å². The number of methoxy groups -OCH3 is 1. The number of carbonyl (C=O) groups is 1. The number of para-hydroxylation sites is 1. The molecule has 1 aliphatic rings. The van der Waals surface area contributed by atoms with Crippen molar-refractivity contribution in [1.82, 2.24) is 4.90 Å². The van der Waals surface area contributed by atoms with Crippen LogP contribution in [0, 0.1) is 0 Å². The lowest BCUT2D eigenvalue weighted by molar-refractivity contribution is 0.0746. The molecule has 0 bridgehead atoms. The first-order valence-corrected chi connectivity index (χ1v) is 9.07. The molecule has 1 amide bonds. The summed E-state index contributed by atoms with van der Waals surface area (Å²) in [5.74, 6) is 0.821. The maximum atomic E-state index is 12.9. The molecule has 1 saturated heterocycles. The molecule has 1 fully saturated rings. The van der Waals surface area contributed by atoms with E-state index in [1.807, 2.05) is 48.2 Å². The Kier molecular flexibility index (Phi) is 6.12. The number of hydrogen-bond donors (Lipinski definition) is 0. The zero-order valence-corrected chi connectivity index (χ0v) is 15.5. The summed E-state index contributed by atoms with van der Waals surface area (Å²) >= 11 is 0. The third-order valence-electron chi connectivity index (χ3n) is 4.68. The number of amides is 1. The number of piperazine rings is 1. The van der Waals surface area contributed by atoms with E-state index in [2.05, 4.69) is 17.0 Å². The Morgan fingerprint density at radius 2 is 1.77 bits per heavy atom. The van der Waals surface area contributed by atoms with Gasteiger partial charge in [-0.2, -0.15) is 0 Å². The Balaban J connectivity index is 1.66. The molecule has 0 spiro atoms. The molecule has 26 heavy (non-hydrogen) atoms. The van der Waals surface area contributed by atoms with Gasteiger partial charge in [0.05, 0.1) is 13.7 Å². The molecule has 2 aromatic rings. The van der Waals surface area contributed by atoms with Crippen molar-refractivity contribution < 1.29 is 14.3 Å². The quantitative estimate of drug-likeness (QED) is 0.799. The van der Waals surface area contributed by atoms with E-state index < -0.39 is 0 Å². The van der Waals surface area contributed by atoms with Gasteiger partial charge in [-0.1, -0.05) is 18.2 Å². The second-order valence-corrected chi connectivity index (χ2v) is 6.28. The van der Waals surface area contributed by atoms with E-state index in [0.717, 1.165) is 37.5 Å². The lowest BCUT2D eigenvalue weighted by Gasteiger charge is -2.36. The summed E-state index contributed by atoms with van der Waals surface area (Å²) in [5.41, 5.74) is 2.81. The van der Waals surface area contributed by atoms with Gasteiger partial charge in [0, 0.05) is 49.6 Å². The van der Waals surface area contributed by atoms with Crippen LogP contribution in [0.5, 0.6) is 5.75 Å². The first-order chi connectivity index (χ1) is 12.7. The second kappa shape index (κ2) is 8.72. The normalized spacial score (nSPS) is 14.4. The van der Waals surface area contributed by atoms with Crippen molar-refractivity contribution in [3.05, 3.63) is 59.7 Å². The van der Waals surface area contributed by atoms with E-state index in [0.29, 0.717) is 18.8 Å². The minimum absolute atomic E-state index is 0.0677. The first-order valence-electron chi connectivity index (χ1n) is 9.07. The van der Waals surface area contributed by atoms with Crippen LogP contribution in [0.25, 0.3) is 0 Å². The number of hydrogen-bond acceptors (Lipinski definition) is 4. The van der Waals surface area contributed by atoms with Crippen LogP contribution in [0.3, 0.4) is 0 Å². The summed E-state index contributed by atoms with van der Waals surface area (Å²) in [6.07, 6.45) is 0. The van der Waals surface area contributed by atoms with E-state index in [9.17, 15) is 4.79 Å². The fraction of sp³-hybridized carbons (Fsp3) is 0.381. The van der Waals surface area contributed by atoms with Crippen molar-refractivity contribution in [2.75, 3.05) is 44.8 Å². The lowest BCUT2D eigenvalue weighted by Crippen LogP contribution is -2.48. The average Bonchev–Trinajstić information content (AvgIpc) is 2.72. The fourth-order valence-corrected chi connectivity index (χ4v) is 3.23. The molecule has 0 saturated carbocycles. The van der Waals surface area contributed by atoms with Gasteiger partial charge in [-0.15, -0.1) is 0 Å². The van der Waals surface area contributed by atoms with Crippen LogP contribution in [0.1, 0.15) is 22.8 Å². The van der Waals surface area contributed by atoms with Crippen LogP contribution in [0.15, 0.2) is 48.5 Å². The van der Waals surface area contributed by atoms with E-state index >= 15 is 0 Å². The summed E-state index contributed by atoms with van der Waals surface area (Å²) in [6.45, 7) is 6.16. The Labute approximate surface area is 155 Å². The molecule has 0 aromatic heterocycles. The third kappa shape index (κ3) is 4.17. The number of ether oxygens (including phenoxy) is 2. The van der Waals surface area contributed by atoms with Gasteiger partial charge in [-0.3, -0.25) is 4.79 Å². The van der Waals surface area contributed by atoms with Crippen LogP contribution >= 0.6 is 0 Å². The molecule has 0 radical (unpaired) electrons. The van der Waals surface area contributed by atoms with Crippen molar-refractivity contribution in [3.8, 4) is 5.75 Å². The number of nitrogens with zero attached hydrogens (tertiary/aromatic N) is 2. The predicted octanol–water partition coefficient (Wildman–Crippen LogP) is 3.19. The van der Waals surface area contributed by atoms with Crippen molar-refractivity contribution in [1.29, 1.82) is 0 Å². The SMILES string of the molecule is CCOCc1cc(C(=O)N2CCN(c3ccccc3)CC2)ccc1OC. The topological polar surface area (TPSA) is 42.0 Å². The molecule has 0 atom stereocenters. The smallest absolute Gasteiger partial charge is 0.253 e. The minimum atomic E-state index is 0.0677. The molecule has 0 N–H and O–H groups in total. The maximum Gasteiger partial charge on any atom is 0.253 e. The third-order valence-corrected chi connectivity index (χ3v) is 4.68. The fourth-order valence-electron chi connectivity index (χ4n) is 3.23. The van der Waals surface area contributed by atoms with Gasteiger partial charge in [-0.25, -0.2) is 0 Å². The zero-order valence-electron chi connectivity index (χ0n) is 15.5. The van der Waals surface area contributed by atoms with E-state index in [4.69, 9.17) is 9.47 Å². The molecule has 1 heterocycles. The van der Waals surface area contributed by atoms with Gasteiger partial charge in [0.25, 0.3) is 5.91 Å². The van der Waals surface area contributed by atoms with E-state index in [1.54, 1.807) is 7.11 Å². The summed E-state index contributed by atoms with van der Waals surface area (Å²) in [4.78, 5) is 17.1. The number of benzene rings is 2. The Morgan fingerprint density at radius 3 is 2.42 bits per heavy atom. The summed E-state index contributed by atoms with van der Waals surface area (Å²) in [7, 11) is 1.63. The van der Waals surface area contributed by atoms with Crippen LogP contribution < -0.4 is 9.64 Å². The van der Waals surface area contributed by atoms with Crippen molar-refractivity contribution in [3.63, 3.8) is 0 Å². The van der Waals surface area contributed by atoms with Gasteiger partial charge in [-0.05, 0) is 37.3 Å². The van der Waals surface area contributed by atoms with Gasteiger partial charge in [0.1, 0.15) is 5.75 Å². The highest BCUT2D eigenvalue weighted by Crippen LogP contribution is 2.23. The predicted molar refractivity (Wildman–Crippen MR) is 103 cm³/mol. The zero-order chi connectivity index (χ0) is 18.4. The van der Waals surface area contributed by atoms with Crippen molar-refractivity contribution >= 4 is 11.6 Å². The minimum Gasteiger partial charge on any atom is -0.496 e. The van der Waals surface area contributed by atoms with E-state index in [-0.39, 0.29) is 5.91 Å². The number of carbonyl (C=O) groups excluding carboxylic acids is 1. The first kappa shape index (κ1) is 18.3. The molecule has 0 aliphatic carbocycles. The highest BCUT2D eigenvalue weighted by molar-refractivity contribution is 5.94. The summed E-state index contributed by atoms with van der Waals surface area (Å²) < 4.78 is 10.9. The molecule has 0 unspecified atom stereocenters. The van der Waals surface area contributed by atoms with Gasteiger partial charge >= 0.3 is 0 Å². The summed E-state index contributed by atoms with van der Waals surface area (Å²) in [5, 5.41) is 0.